The lowest BCUT2D eigenvalue weighted by molar-refractivity contribution is -0.137. The number of nitrogens with one attached hydrogen (secondary N) is 2. The predicted molar refractivity (Wildman–Crippen MR) is 99.8 cm³/mol. The third kappa shape index (κ3) is 5.12. The molecule has 1 amide bonds. The number of sulfonamides is 1. The van der Waals surface area contributed by atoms with Crippen molar-refractivity contribution in [3.63, 3.8) is 0 Å². The smallest absolute Gasteiger partial charge is 0.326 e. The number of rotatable bonds is 6. The Hall–Kier alpha value is -2.92. The molecular weight excluding hydrogens is 409 g/mol. The molecule has 0 aliphatic carbocycles. The highest BCUT2D eigenvalue weighted by Crippen LogP contribution is 2.29. The number of aromatic nitrogens is 2. The van der Waals surface area contributed by atoms with E-state index in [0.29, 0.717) is 17.0 Å². The van der Waals surface area contributed by atoms with Crippen LogP contribution in [0, 0.1) is 0 Å². The number of imidazole rings is 1. The second kappa shape index (κ2) is 7.84. The number of anilines is 1. The van der Waals surface area contributed by atoms with Crippen molar-refractivity contribution < 1.29 is 26.4 Å². The average molecular weight is 426 g/mol. The summed E-state index contributed by atoms with van der Waals surface area (Å²) in [4.78, 5) is 15.2. The highest BCUT2D eigenvalue weighted by Gasteiger charge is 2.30. The van der Waals surface area contributed by atoms with Gasteiger partial charge >= 0.3 is 6.18 Å². The second-order valence-corrected chi connectivity index (χ2v) is 8.03. The highest BCUT2D eigenvalue weighted by molar-refractivity contribution is 7.89. The lowest BCUT2D eigenvalue weighted by atomic mass is 10.3. The largest absolute Gasteiger partial charge is 0.417 e. The van der Waals surface area contributed by atoms with Gasteiger partial charge in [-0.1, -0.05) is 0 Å². The molecule has 0 aliphatic heterocycles. The fourth-order valence-electron chi connectivity index (χ4n) is 2.65. The van der Waals surface area contributed by atoms with E-state index in [1.165, 1.54) is 47.9 Å². The molecule has 29 heavy (non-hydrogen) atoms. The van der Waals surface area contributed by atoms with Crippen LogP contribution in [0.4, 0.5) is 18.9 Å². The number of carbonyl (C=O) groups excluding carboxylic acids is 1. The number of hydrogen-bond donors (Lipinski definition) is 2. The maximum absolute atomic E-state index is 12.8. The van der Waals surface area contributed by atoms with Crippen LogP contribution in [0.2, 0.25) is 0 Å². The van der Waals surface area contributed by atoms with Gasteiger partial charge in [0.15, 0.2) is 0 Å². The summed E-state index contributed by atoms with van der Waals surface area (Å²) >= 11 is 0. The van der Waals surface area contributed by atoms with Gasteiger partial charge in [-0.05, 0) is 36.4 Å². The van der Waals surface area contributed by atoms with Crippen molar-refractivity contribution in [1.29, 1.82) is 0 Å². The predicted octanol–water partition coefficient (Wildman–Crippen LogP) is 2.83. The Balaban J connectivity index is 1.64. The molecule has 0 unspecified atom stereocenters. The normalized spacial score (nSPS) is 12.3. The van der Waals surface area contributed by atoms with Gasteiger partial charge in [0, 0.05) is 38.0 Å². The Morgan fingerprint density at radius 2 is 1.79 bits per heavy atom. The quantitative estimate of drug-likeness (QED) is 0.634. The molecule has 0 atom stereocenters. The average Bonchev–Trinajstić information content (AvgIpc) is 3.02. The number of nitrogens with zero attached hydrogens (tertiary/aromatic N) is 2. The minimum atomic E-state index is -4.45. The van der Waals surface area contributed by atoms with Crippen molar-refractivity contribution in [2.24, 2.45) is 0 Å². The molecule has 0 saturated heterocycles. The molecule has 0 saturated carbocycles. The monoisotopic (exact) mass is 426 g/mol. The zero-order valence-electron chi connectivity index (χ0n) is 15.2. The van der Waals surface area contributed by atoms with Gasteiger partial charge in [0.05, 0.1) is 16.2 Å². The van der Waals surface area contributed by atoms with Crippen molar-refractivity contribution in [3.8, 4) is 0 Å². The fraction of sp³-hybridized carbons (Fsp3) is 0.222. The van der Waals surface area contributed by atoms with Crippen LogP contribution in [-0.4, -0.2) is 30.3 Å². The fourth-order valence-corrected chi connectivity index (χ4v) is 3.68. The molecule has 3 rings (SSSR count). The zero-order valence-corrected chi connectivity index (χ0v) is 16.0. The molecule has 2 N–H and O–H groups in total. The van der Waals surface area contributed by atoms with Gasteiger partial charge in [0.25, 0.3) is 0 Å². The minimum absolute atomic E-state index is 0.0196. The van der Waals surface area contributed by atoms with E-state index >= 15 is 0 Å². The number of halogens is 3. The van der Waals surface area contributed by atoms with Gasteiger partial charge < -0.3 is 9.72 Å². The van der Waals surface area contributed by atoms with E-state index in [2.05, 4.69) is 15.0 Å². The first-order valence-electron chi connectivity index (χ1n) is 8.47. The van der Waals surface area contributed by atoms with Crippen LogP contribution < -0.4 is 10.0 Å². The van der Waals surface area contributed by atoms with E-state index in [1.54, 1.807) is 0 Å². The molecule has 3 aromatic rings. The molecule has 0 fully saturated rings. The number of alkyl halides is 3. The molecule has 0 radical (unpaired) electrons. The molecule has 11 heteroatoms. The topological polar surface area (TPSA) is 92.6 Å². The van der Waals surface area contributed by atoms with Crippen molar-refractivity contribution in [3.05, 3.63) is 60.0 Å². The maximum Gasteiger partial charge on any atom is 0.417 e. The summed E-state index contributed by atoms with van der Waals surface area (Å²) in [5.74, 6) is -0.270. The summed E-state index contributed by atoms with van der Waals surface area (Å²) in [7, 11) is -3.78. The van der Waals surface area contributed by atoms with Crippen LogP contribution >= 0.6 is 0 Å². The van der Waals surface area contributed by atoms with Crippen LogP contribution in [0.1, 0.15) is 18.2 Å². The van der Waals surface area contributed by atoms with E-state index in [1.807, 2.05) is 0 Å². The SMILES string of the molecule is CC(=O)Nc1ccc(S(=O)(=O)NCCc2cn3cc(C(F)(F)F)ccc3n2)cc1. The molecule has 0 spiro atoms. The van der Waals surface area contributed by atoms with E-state index < -0.39 is 21.8 Å². The molecule has 0 aliphatic rings. The first-order chi connectivity index (χ1) is 13.5. The van der Waals surface area contributed by atoms with E-state index in [0.717, 1.165) is 12.3 Å². The van der Waals surface area contributed by atoms with E-state index in [9.17, 15) is 26.4 Å². The standard InChI is InChI=1S/C18H17F3N4O3S/c1-12(26)23-14-3-5-16(6-4-14)29(27,28)22-9-8-15-11-25-10-13(18(19,20)21)2-7-17(25)24-15/h2-7,10-11,22H,8-9H2,1H3,(H,23,26). The van der Waals surface area contributed by atoms with Crippen LogP contribution in [0.3, 0.4) is 0 Å². The molecule has 7 nitrogen and oxygen atoms in total. The molecular formula is C18H17F3N4O3S. The number of amides is 1. The second-order valence-electron chi connectivity index (χ2n) is 6.27. The summed E-state index contributed by atoms with van der Waals surface area (Å²) < 4.78 is 66.7. The Morgan fingerprint density at radius 3 is 2.41 bits per heavy atom. The highest BCUT2D eigenvalue weighted by atomic mass is 32.2. The summed E-state index contributed by atoms with van der Waals surface area (Å²) in [6, 6.07) is 7.85. The molecule has 2 aromatic heterocycles. The van der Waals surface area contributed by atoms with Crippen LogP contribution in [-0.2, 0) is 27.4 Å². The molecule has 1 aromatic carbocycles. The zero-order chi connectivity index (χ0) is 21.2. The number of benzene rings is 1. The summed E-state index contributed by atoms with van der Waals surface area (Å²) in [6.45, 7) is 1.36. The molecule has 2 heterocycles. The lowest BCUT2D eigenvalue weighted by Gasteiger charge is -2.07. The molecule has 154 valence electrons. The molecule has 0 bridgehead atoms. The number of fused-ring (bicyclic) bond motifs is 1. The van der Waals surface area contributed by atoms with Gasteiger partial charge in [0.2, 0.25) is 15.9 Å². The lowest BCUT2D eigenvalue weighted by Crippen LogP contribution is -2.26. The summed E-state index contributed by atoms with van der Waals surface area (Å²) in [5.41, 5.74) is 0.467. The number of carbonyl (C=O) groups is 1. The minimum Gasteiger partial charge on any atom is -0.326 e. The first-order valence-corrected chi connectivity index (χ1v) is 9.95. The number of pyridine rings is 1. The number of hydrogen-bond acceptors (Lipinski definition) is 4. The van der Waals surface area contributed by atoms with Crippen molar-refractivity contribution in [2.75, 3.05) is 11.9 Å². The van der Waals surface area contributed by atoms with Gasteiger partial charge in [-0.2, -0.15) is 13.2 Å². The van der Waals surface area contributed by atoms with Gasteiger partial charge in [-0.3, -0.25) is 4.79 Å². The maximum atomic E-state index is 12.8. The Bertz CT molecular complexity index is 1140. The van der Waals surface area contributed by atoms with E-state index in [-0.39, 0.29) is 23.8 Å². The summed E-state index contributed by atoms with van der Waals surface area (Å²) in [6.07, 6.45) is -1.89. The van der Waals surface area contributed by atoms with Crippen molar-refractivity contribution in [2.45, 2.75) is 24.4 Å². The third-order valence-corrected chi connectivity index (χ3v) is 5.46. The Morgan fingerprint density at radius 1 is 1.10 bits per heavy atom. The Labute approximate surface area is 164 Å². The van der Waals surface area contributed by atoms with Gasteiger partial charge in [0.1, 0.15) is 5.65 Å². The van der Waals surface area contributed by atoms with E-state index in [4.69, 9.17) is 0 Å². The third-order valence-electron chi connectivity index (χ3n) is 3.99. The Kier molecular flexibility index (Phi) is 5.62. The van der Waals surface area contributed by atoms with Crippen LogP contribution in [0.15, 0.2) is 53.7 Å². The first kappa shape index (κ1) is 20.8. The van der Waals surface area contributed by atoms with Gasteiger partial charge in [-0.15, -0.1) is 0 Å². The van der Waals surface area contributed by atoms with Crippen LogP contribution in [0.5, 0.6) is 0 Å². The van der Waals surface area contributed by atoms with Crippen LogP contribution in [0.25, 0.3) is 5.65 Å². The summed E-state index contributed by atoms with van der Waals surface area (Å²) in [5, 5.41) is 2.54. The van der Waals surface area contributed by atoms with Crippen molar-refractivity contribution in [1.82, 2.24) is 14.1 Å². The van der Waals surface area contributed by atoms with Gasteiger partial charge in [-0.25, -0.2) is 18.1 Å². The van der Waals surface area contributed by atoms with Crippen molar-refractivity contribution >= 4 is 27.3 Å².